The van der Waals surface area contributed by atoms with Crippen molar-refractivity contribution >= 4 is 5.96 Å². The number of unbranched alkanes of at least 4 members (excludes halogenated alkanes) is 1. The Morgan fingerprint density at radius 2 is 2.05 bits per heavy atom. The van der Waals surface area contributed by atoms with E-state index in [-0.39, 0.29) is 0 Å². The number of hydrogen-bond donors (Lipinski definition) is 1. The minimum absolute atomic E-state index is 0.620. The van der Waals surface area contributed by atoms with E-state index in [0.29, 0.717) is 13.2 Å². The summed E-state index contributed by atoms with van der Waals surface area (Å²) in [5, 5.41) is 3.38. The van der Waals surface area contributed by atoms with E-state index in [2.05, 4.69) is 29.2 Å². The van der Waals surface area contributed by atoms with Crippen molar-refractivity contribution in [2.75, 3.05) is 34.4 Å². The largest absolute Gasteiger partial charge is 0.493 e. The molecular weight excluding hydrogens is 278 g/mol. The predicted octanol–water partition coefficient (Wildman–Crippen LogP) is 2.90. The van der Waals surface area contributed by atoms with Crippen molar-refractivity contribution in [3.63, 3.8) is 0 Å². The molecule has 0 atom stereocenters. The van der Waals surface area contributed by atoms with Gasteiger partial charge in [0.25, 0.3) is 0 Å². The number of nitrogens with zero attached hydrogens (tertiary/aromatic N) is 2. The Morgan fingerprint density at radius 1 is 1.27 bits per heavy atom. The topological polar surface area (TPSA) is 46.1 Å². The highest BCUT2D eigenvalue weighted by atomic mass is 16.5. The van der Waals surface area contributed by atoms with Gasteiger partial charge in [-0.2, -0.15) is 0 Å². The van der Waals surface area contributed by atoms with Crippen LogP contribution in [0.15, 0.2) is 23.2 Å². The van der Waals surface area contributed by atoms with Gasteiger partial charge in [-0.3, -0.25) is 4.99 Å². The average Bonchev–Trinajstić information content (AvgIpc) is 2.54. The summed E-state index contributed by atoms with van der Waals surface area (Å²) in [7, 11) is 5.52. The predicted molar refractivity (Wildman–Crippen MR) is 91.9 cm³/mol. The van der Waals surface area contributed by atoms with Gasteiger partial charge in [-0.15, -0.1) is 0 Å². The van der Waals surface area contributed by atoms with E-state index in [1.165, 1.54) is 6.42 Å². The maximum Gasteiger partial charge on any atom is 0.193 e. The van der Waals surface area contributed by atoms with Crippen molar-refractivity contribution < 1.29 is 9.47 Å². The molecule has 0 aliphatic rings. The molecule has 1 rings (SSSR count). The van der Waals surface area contributed by atoms with Crippen molar-refractivity contribution in [3.05, 3.63) is 23.8 Å². The molecule has 0 aromatic heterocycles. The van der Waals surface area contributed by atoms with Gasteiger partial charge in [0.2, 0.25) is 0 Å². The van der Waals surface area contributed by atoms with Gasteiger partial charge in [0.15, 0.2) is 17.5 Å². The summed E-state index contributed by atoms with van der Waals surface area (Å²) in [6.07, 6.45) is 2.34. The molecule has 0 fully saturated rings. The molecule has 0 saturated heterocycles. The monoisotopic (exact) mass is 307 g/mol. The second kappa shape index (κ2) is 9.92. The maximum absolute atomic E-state index is 5.61. The van der Waals surface area contributed by atoms with Crippen molar-refractivity contribution in [1.29, 1.82) is 0 Å². The summed E-state index contributed by atoms with van der Waals surface area (Å²) in [5.74, 6) is 2.44. The number of methoxy groups -OCH3 is 1. The molecule has 0 saturated carbocycles. The zero-order chi connectivity index (χ0) is 16.4. The average molecular weight is 307 g/mol. The molecule has 1 N–H and O–H groups in total. The fourth-order valence-corrected chi connectivity index (χ4v) is 2.17. The van der Waals surface area contributed by atoms with Crippen LogP contribution >= 0.6 is 0 Å². The summed E-state index contributed by atoms with van der Waals surface area (Å²) in [6.45, 7) is 6.48. The molecule has 0 aliphatic carbocycles. The Bertz CT molecular complexity index is 475. The smallest absolute Gasteiger partial charge is 0.193 e. The summed E-state index contributed by atoms with van der Waals surface area (Å²) in [4.78, 5) is 6.47. The van der Waals surface area contributed by atoms with Crippen LogP contribution in [0.3, 0.4) is 0 Å². The number of rotatable bonds is 8. The number of hydrogen-bond acceptors (Lipinski definition) is 3. The number of benzene rings is 1. The Hall–Kier alpha value is -1.91. The minimum atomic E-state index is 0.620. The van der Waals surface area contributed by atoms with Crippen molar-refractivity contribution in [2.24, 2.45) is 4.99 Å². The lowest BCUT2D eigenvalue weighted by molar-refractivity contribution is 0.310. The Kier molecular flexibility index (Phi) is 8.18. The third-order valence-electron chi connectivity index (χ3n) is 3.40. The lowest BCUT2D eigenvalue weighted by Gasteiger charge is -2.22. The maximum atomic E-state index is 5.61. The van der Waals surface area contributed by atoms with Crippen molar-refractivity contribution in [1.82, 2.24) is 10.2 Å². The van der Waals surface area contributed by atoms with E-state index >= 15 is 0 Å². The number of aliphatic imine (C=N–C) groups is 1. The van der Waals surface area contributed by atoms with Gasteiger partial charge in [0.05, 0.1) is 13.7 Å². The van der Waals surface area contributed by atoms with Crippen LogP contribution in [-0.2, 0) is 6.54 Å². The van der Waals surface area contributed by atoms with Gasteiger partial charge >= 0.3 is 0 Å². The van der Waals surface area contributed by atoms with Crippen molar-refractivity contribution in [3.8, 4) is 11.5 Å². The first-order chi connectivity index (χ1) is 10.7. The van der Waals surface area contributed by atoms with E-state index in [9.17, 15) is 0 Å². The van der Waals surface area contributed by atoms with Crippen LogP contribution < -0.4 is 14.8 Å². The Labute approximate surface area is 134 Å². The van der Waals surface area contributed by atoms with Crippen LogP contribution in [0.2, 0.25) is 0 Å². The van der Waals surface area contributed by atoms with Gasteiger partial charge in [0, 0.05) is 27.2 Å². The van der Waals surface area contributed by atoms with Crippen LogP contribution in [0.5, 0.6) is 11.5 Å². The van der Waals surface area contributed by atoms with Gasteiger partial charge in [-0.05, 0) is 31.0 Å². The van der Waals surface area contributed by atoms with E-state index in [0.717, 1.165) is 36.0 Å². The van der Waals surface area contributed by atoms with Crippen molar-refractivity contribution in [2.45, 2.75) is 33.2 Å². The third kappa shape index (κ3) is 5.47. The minimum Gasteiger partial charge on any atom is -0.493 e. The van der Waals surface area contributed by atoms with Gasteiger partial charge < -0.3 is 19.7 Å². The lowest BCUT2D eigenvalue weighted by atomic mass is 10.2. The van der Waals surface area contributed by atoms with Crippen LogP contribution in [0.4, 0.5) is 0 Å². The highest BCUT2D eigenvalue weighted by Crippen LogP contribution is 2.27. The molecule has 0 unspecified atom stereocenters. The molecule has 0 aliphatic heterocycles. The molecule has 1 aromatic rings. The summed E-state index contributed by atoms with van der Waals surface area (Å²) in [6, 6.07) is 5.98. The van der Waals surface area contributed by atoms with E-state index in [1.807, 2.05) is 32.2 Å². The van der Waals surface area contributed by atoms with Gasteiger partial charge in [-0.1, -0.05) is 19.4 Å². The fourth-order valence-electron chi connectivity index (χ4n) is 2.17. The van der Waals surface area contributed by atoms with E-state index in [1.54, 1.807) is 7.11 Å². The molecule has 0 heterocycles. The fraction of sp³-hybridized carbons (Fsp3) is 0.588. The van der Waals surface area contributed by atoms with E-state index in [4.69, 9.17) is 9.47 Å². The van der Waals surface area contributed by atoms with Gasteiger partial charge in [-0.25, -0.2) is 0 Å². The number of guanidine groups is 1. The summed E-state index contributed by atoms with van der Waals surface area (Å²) >= 11 is 0. The molecular formula is C17H29N3O2. The second-order valence-electron chi connectivity index (χ2n) is 5.09. The van der Waals surface area contributed by atoms with Crippen LogP contribution in [0.1, 0.15) is 32.3 Å². The first kappa shape index (κ1) is 18.1. The molecule has 124 valence electrons. The molecule has 5 nitrogen and oxygen atoms in total. The third-order valence-corrected chi connectivity index (χ3v) is 3.40. The molecule has 0 spiro atoms. The first-order valence-corrected chi connectivity index (χ1v) is 7.87. The van der Waals surface area contributed by atoms with Gasteiger partial charge in [0.1, 0.15) is 0 Å². The standard InChI is InChI=1S/C17H29N3O2/c1-6-8-11-20(4)17(18-3)19-13-14-9-10-15(21-5)16(12-14)22-7-2/h9-10,12H,6-8,11,13H2,1-5H3,(H,18,19). The molecule has 0 radical (unpaired) electrons. The number of ether oxygens (including phenoxy) is 2. The molecule has 22 heavy (non-hydrogen) atoms. The van der Waals surface area contributed by atoms with Crippen LogP contribution in [0, 0.1) is 0 Å². The first-order valence-electron chi connectivity index (χ1n) is 7.87. The van der Waals surface area contributed by atoms with E-state index < -0.39 is 0 Å². The number of nitrogens with one attached hydrogen (secondary N) is 1. The zero-order valence-corrected chi connectivity index (χ0v) is 14.5. The quantitative estimate of drug-likeness (QED) is 0.592. The molecule has 0 amide bonds. The second-order valence-corrected chi connectivity index (χ2v) is 5.09. The molecule has 0 bridgehead atoms. The lowest BCUT2D eigenvalue weighted by Crippen LogP contribution is -2.38. The normalized spacial score (nSPS) is 11.2. The highest BCUT2D eigenvalue weighted by Gasteiger charge is 2.08. The zero-order valence-electron chi connectivity index (χ0n) is 14.5. The SMILES string of the molecule is CCCCN(C)C(=NC)NCc1ccc(OC)c(OCC)c1. The highest BCUT2D eigenvalue weighted by molar-refractivity contribution is 5.79. The van der Waals surface area contributed by atoms with Crippen LogP contribution in [0.25, 0.3) is 0 Å². The summed E-state index contributed by atoms with van der Waals surface area (Å²) in [5.41, 5.74) is 1.13. The molecule has 5 heteroatoms. The van der Waals surface area contributed by atoms with Crippen LogP contribution in [-0.4, -0.2) is 45.2 Å². The Balaban J connectivity index is 2.68. The molecule has 1 aromatic carbocycles. The Morgan fingerprint density at radius 3 is 2.64 bits per heavy atom. The summed E-state index contributed by atoms with van der Waals surface area (Å²) < 4.78 is 10.9.